The Labute approximate surface area is 443 Å². The molecular formula is C61H61F3N4O3S2Si. The monoisotopic (exact) mass is 1050 g/mol. The maximum atomic E-state index is 15.6. The van der Waals surface area contributed by atoms with Crippen LogP contribution < -0.4 is 20.0 Å². The zero-order valence-electron chi connectivity index (χ0n) is 42.8. The van der Waals surface area contributed by atoms with Gasteiger partial charge in [-0.15, -0.1) is 22.7 Å². The molecule has 0 spiro atoms. The molecule has 0 saturated heterocycles. The summed E-state index contributed by atoms with van der Waals surface area (Å²) >= 11 is 3.11. The van der Waals surface area contributed by atoms with Crippen LogP contribution in [0.25, 0.3) is 26.3 Å². The lowest BCUT2D eigenvalue weighted by atomic mass is 9.81. The fourth-order valence-electron chi connectivity index (χ4n) is 10.5. The first-order valence-corrected chi connectivity index (χ1v) is 28.9. The highest BCUT2D eigenvalue weighted by atomic mass is 32.1. The average molecular weight is 1050 g/mol. The minimum Gasteiger partial charge on any atom is -0.481 e. The number of nitrogens with zero attached hydrogens (tertiary/aromatic N) is 4. The summed E-state index contributed by atoms with van der Waals surface area (Å²) in [6, 6.07) is 46.3. The molecular weight excluding hydrogens is 986 g/mol. The Bertz CT molecular complexity index is 3100. The van der Waals surface area contributed by atoms with E-state index in [1.807, 2.05) is 12.1 Å². The van der Waals surface area contributed by atoms with Crippen LogP contribution in [0.15, 0.2) is 156 Å². The normalized spacial score (nSPS) is 17.5. The number of allylic oxidation sites excluding steroid dienone is 2. The average Bonchev–Trinajstić information content (AvgIpc) is 4.15. The number of hydrogen-bond acceptors (Lipinski definition) is 9. The Hall–Kier alpha value is -6.66. The summed E-state index contributed by atoms with van der Waals surface area (Å²) in [5.74, 6) is -0.0368. The number of hydrogen-bond donors (Lipinski definition) is 0. The second-order valence-electron chi connectivity index (χ2n) is 20.0. The molecule has 380 valence electrons. The van der Waals surface area contributed by atoms with E-state index in [1.54, 1.807) is 35.6 Å². The second-order valence-corrected chi connectivity index (χ2v) is 26.4. The lowest BCUT2D eigenvalue weighted by molar-refractivity contribution is -0.249. The molecule has 2 aliphatic rings. The fourth-order valence-corrected chi connectivity index (χ4v) is 17.5. The van der Waals surface area contributed by atoms with Gasteiger partial charge in [0.2, 0.25) is 0 Å². The van der Waals surface area contributed by atoms with Gasteiger partial charge in [-0.2, -0.15) is 29.0 Å². The first kappa shape index (κ1) is 53.6. The van der Waals surface area contributed by atoms with Crippen LogP contribution in [-0.2, 0) is 20.4 Å². The number of fused-ring (bicyclic) bond motifs is 3. The maximum absolute atomic E-state index is 15.6. The Morgan fingerprint density at radius 1 is 0.730 bits per heavy atom. The summed E-state index contributed by atoms with van der Waals surface area (Å²) in [5, 5.41) is 32.3. The van der Waals surface area contributed by atoms with Gasteiger partial charge in [0.15, 0.2) is 11.3 Å². The molecule has 7 nitrogen and oxygen atoms in total. The summed E-state index contributed by atoms with van der Waals surface area (Å²) in [4.78, 5) is 5.89. The van der Waals surface area contributed by atoms with Gasteiger partial charge in [-0.3, -0.25) is 0 Å². The summed E-state index contributed by atoms with van der Waals surface area (Å²) in [5.41, 5.74) is -2.59. The number of ether oxygens (including phenoxy) is 2. The number of unbranched alkanes of at least 4 members (excludes halogenated alkanes) is 4. The van der Waals surface area contributed by atoms with Gasteiger partial charge in [0.05, 0.1) is 16.4 Å². The van der Waals surface area contributed by atoms with Crippen LogP contribution in [0.1, 0.15) is 102 Å². The fraction of sp³-hybridized carbons (Fsp3) is 0.328. The van der Waals surface area contributed by atoms with Gasteiger partial charge in [-0.25, -0.2) is 0 Å². The van der Waals surface area contributed by atoms with Crippen LogP contribution >= 0.6 is 22.7 Å². The number of alkyl halides is 3. The molecule has 0 fully saturated rings. The van der Waals surface area contributed by atoms with Crippen molar-refractivity contribution >= 4 is 53.1 Å². The molecule has 0 radical (unpaired) electrons. The SMILES string of the molecule is CCCCCCC1(CCCC)Oc2cc(/C=C/C3=C(C#N)C(=C(C#N)C#N)OC3(c3ccccc3)C(F)(F)F)sc2-c2sc(-c3ccc(N(C)CCO[Si](c4ccccc4)(c4ccccc4)C(C)(C)C)cc3)cc21. The van der Waals surface area contributed by atoms with Crippen molar-refractivity contribution < 1.29 is 27.1 Å². The van der Waals surface area contributed by atoms with Crippen molar-refractivity contribution in [2.24, 2.45) is 0 Å². The largest absolute Gasteiger partial charge is 0.481 e. The number of likely N-dealkylation sites (N-methyl/N-ethyl adjacent to an activating group) is 1. The van der Waals surface area contributed by atoms with Gasteiger partial charge >= 0.3 is 6.18 Å². The van der Waals surface area contributed by atoms with Gasteiger partial charge < -0.3 is 18.8 Å². The van der Waals surface area contributed by atoms with E-state index in [-0.39, 0.29) is 10.6 Å². The Morgan fingerprint density at radius 3 is 1.91 bits per heavy atom. The molecule has 0 aliphatic carbocycles. The maximum Gasteiger partial charge on any atom is 0.437 e. The number of benzene rings is 4. The third-order valence-corrected chi connectivity index (χ3v) is 21.7. The van der Waals surface area contributed by atoms with E-state index in [0.29, 0.717) is 23.8 Å². The first-order valence-electron chi connectivity index (χ1n) is 25.3. The van der Waals surface area contributed by atoms with E-state index in [0.717, 1.165) is 82.8 Å². The summed E-state index contributed by atoms with van der Waals surface area (Å²) < 4.78 is 67.0. The van der Waals surface area contributed by atoms with Crippen LogP contribution in [0.3, 0.4) is 0 Å². The highest BCUT2D eigenvalue weighted by Gasteiger charge is 2.65. The highest BCUT2D eigenvalue weighted by molar-refractivity contribution is 7.24. The number of thiophene rings is 2. The van der Waals surface area contributed by atoms with E-state index in [2.05, 4.69) is 138 Å². The highest BCUT2D eigenvalue weighted by Crippen LogP contribution is 2.59. The second kappa shape index (κ2) is 22.4. The molecule has 2 atom stereocenters. The van der Waals surface area contributed by atoms with E-state index >= 15 is 13.2 Å². The van der Waals surface area contributed by atoms with E-state index < -0.39 is 48.2 Å². The van der Waals surface area contributed by atoms with Crippen molar-refractivity contribution in [3.05, 3.63) is 172 Å². The summed E-state index contributed by atoms with van der Waals surface area (Å²) in [6.07, 6.45) is 5.48. The summed E-state index contributed by atoms with van der Waals surface area (Å²) in [6.45, 7) is 12.5. The molecule has 0 N–H and O–H groups in total. The molecule has 4 aromatic carbocycles. The van der Waals surface area contributed by atoms with Crippen molar-refractivity contribution in [3.63, 3.8) is 0 Å². The van der Waals surface area contributed by atoms with Gasteiger partial charge in [0, 0.05) is 45.7 Å². The van der Waals surface area contributed by atoms with Crippen LogP contribution in [-0.4, -0.2) is 34.7 Å². The van der Waals surface area contributed by atoms with Gasteiger partial charge in [-0.05, 0) is 77.0 Å². The lowest BCUT2D eigenvalue weighted by Crippen LogP contribution is -2.67. The van der Waals surface area contributed by atoms with Crippen molar-refractivity contribution in [1.82, 2.24) is 0 Å². The number of nitriles is 3. The Balaban J connectivity index is 1.14. The van der Waals surface area contributed by atoms with Crippen molar-refractivity contribution in [2.45, 2.75) is 108 Å². The zero-order chi connectivity index (χ0) is 52.7. The number of halogens is 3. The van der Waals surface area contributed by atoms with Gasteiger partial charge in [0.25, 0.3) is 13.9 Å². The molecule has 0 saturated carbocycles. The minimum atomic E-state index is -5.10. The summed E-state index contributed by atoms with van der Waals surface area (Å²) in [7, 11) is -0.602. The number of rotatable bonds is 19. The predicted molar refractivity (Wildman–Crippen MR) is 296 cm³/mol. The topological polar surface area (TPSA) is 102 Å². The smallest absolute Gasteiger partial charge is 0.437 e. The van der Waals surface area contributed by atoms with E-state index in [9.17, 15) is 15.8 Å². The minimum absolute atomic E-state index is 0.130. The molecule has 0 amide bonds. The predicted octanol–water partition coefficient (Wildman–Crippen LogP) is 15.5. The molecule has 2 unspecified atom stereocenters. The number of anilines is 1. The van der Waals surface area contributed by atoms with E-state index in [1.165, 1.54) is 52.1 Å². The lowest BCUT2D eigenvalue weighted by Gasteiger charge is -2.43. The van der Waals surface area contributed by atoms with Crippen molar-refractivity contribution in [1.29, 1.82) is 15.8 Å². The molecule has 74 heavy (non-hydrogen) atoms. The third-order valence-electron chi connectivity index (χ3n) is 14.3. The third kappa shape index (κ3) is 10.1. The van der Waals surface area contributed by atoms with Gasteiger partial charge in [-0.1, -0.05) is 170 Å². The first-order chi connectivity index (χ1) is 35.6. The molecule has 2 aliphatic heterocycles. The molecule has 4 heterocycles. The Morgan fingerprint density at radius 2 is 1.34 bits per heavy atom. The van der Waals surface area contributed by atoms with Crippen LogP contribution in [0.4, 0.5) is 18.9 Å². The molecule has 8 rings (SSSR count). The molecule has 0 bridgehead atoms. The van der Waals surface area contributed by atoms with Crippen molar-refractivity contribution in [3.8, 4) is 44.2 Å². The van der Waals surface area contributed by atoms with Crippen LogP contribution in [0.5, 0.6) is 5.75 Å². The molecule has 2 aromatic heterocycles. The molecule has 13 heteroatoms. The van der Waals surface area contributed by atoms with Crippen LogP contribution in [0, 0.1) is 34.0 Å². The van der Waals surface area contributed by atoms with Crippen molar-refractivity contribution in [2.75, 3.05) is 25.1 Å². The van der Waals surface area contributed by atoms with Crippen LogP contribution in [0.2, 0.25) is 5.04 Å². The Kier molecular flexibility index (Phi) is 16.3. The quantitative estimate of drug-likeness (QED) is 0.0452. The van der Waals surface area contributed by atoms with E-state index in [4.69, 9.17) is 13.9 Å². The standard InChI is InChI=1S/C61H61F3N4O3S2Si/c1-7-9-11-21-35-59(34-10-8-2)52-39-54(43-28-30-46(31-29-43)68(6)36-37-69-74(58(3,4)5,48-24-17-13-18-25-48)49-26-19-14-20-27-49)73-56(52)57-53(70-59)38-47(72-57)32-33-51-50(42-67)55(44(40-65)41-66)71-60(51,61(62,63)64)45-22-15-12-16-23-45/h12-20,22-33,38-39H,7-11,21,34-37H2,1-6H3/b33-32+. The van der Waals surface area contributed by atoms with Gasteiger partial charge in [0.1, 0.15) is 35.1 Å². The molecule has 6 aromatic rings. The zero-order valence-corrected chi connectivity index (χ0v) is 45.4.